The molecule has 1 aliphatic rings. The van der Waals surface area contributed by atoms with E-state index in [4.69, 9.17) is 0 Å². The summed E-state index contributed by atoms with van der Waals surface area (Å²) in [5, 5.41) is 10.7. The first kappa shape index (κ1) is 9.33. The van der Waals surface area contributed by atoms with Crippen LogP contribution in [-0.2, 0) is 6.42 Å². The average Bonchev–Trinajstić information content (AvgIpc) is 2.17. The van der Waals surface area contributed by atoms with E-state index in [1.54, 1.807) is 6.07 Å². The average molecular weight is 255 g/mol. The van der Waals surface area contributed by atoms with Crippen molar-refractivity contribution in [3.8, 4) is 0 Å². The maximum atomic E-state index is 10.7. The number of rotatable bonds is 1. The number of halogens is 1. The summed E-state index contributed by atoms with van der Waals surface area (Å²) >= 11 is 3.25. The summed E-state index contributed by atoms with van der Waals surface area (Å²) in [7, 11) is 0. The number of nitro groups is 1. The molecule has 0 spiro atoms. The number of fused-ring (bicyclic) bond motifs is 1. The van der Waals surface area contributed by atoms with Crippen LogP contribution in [0.2, 0.25) is 0 Å². The van der Waals surface area contributed by atoms with Crippen molar-refractivity contribution in [3.05, 3.63) is 39.4 Å². The maximum absolute atomic E-state index is 10.7. The SMILES string of the molecule is O=[N+]([O-])c1cccc2c1C(Br)=NCC2. The van der Waals surface area contributed by atoms with Gasteiger partial charge in [0.25, 0.3) is 5.69 Å². The first-order valence-electron chi connectivity index (χ1n) is 4.17. The lowest BCUT2D eigenvalue weighted by Gasteiger charge is -2.12. The molecular weight excluding hydrogens is 248 g/mol. The normalized spacial score (nSPS) is 14.5. The molecule has 0 aliphatic carbocycles. The van der Waals surface area contributed by atoms with Gasteiger partial charge in [0.15, 0.2) is 0 Å². The van der Waals surface area contributed by atoms with Crippen molar-refractivity contribution in [2.24, 2.45) is 4.99 Å². The summed E-state index contributed by atoms with van der Waals surface area (Å²) in [5.74, 6) is 0. The van der Waals surface area contributed by atoms with E-state index in [1.165, 1.54) is 6.07 Å². The lowest BCUT2D eigenvalue weighted by molar-refractivity contribution is -0.385. The van der Waals surface area contributed by atoms with Crippen LogP contribution < -0.4 is 0 Å². The predicted molar refractivity (Wildman–Crippen MR) is 57.1 cm³/mol. The highest BCUT2D eigenvalue weighted by molar-refractivity contribution is 9.18. The zero-order valence-corrected chi connectivity index (χ0v) is 8.82. The molecule has 0 atom stereocenters. The lowest BCUT2D eigenvalue weighted by atomic mass is 10.0. The zero-order valence-electron chi connectivity index (χ0n) is 7.24. The van der Waals surface area contributed by atoms with E-state index in [0.717, 1.165) is 12.0 Å². The molecule has 1 heterocycles. The summed E-state index contributed by atoms with van der Waals surface area (Å²) in [6, 6.07) is 5.11. The Kier molecular flexibility index (Phi) is 2.33. The molecule has 1 aliphatic heterocycles. The van der Waals surface area contributed by atoms with Gasteiger partial charge in [-0.15, -0.1) is 0 Å². The Morgan fingerprint density at radius 3 is 3.00 bits per heavy atom. The fourth-order valence-corrected chi connectivity index (χ4v) is 2.17. The second-order valence-corrected chi connectivity index (χ2v) is 3.74. The van der Waals surface area contributed by atoms with Gasteiger partial charge in [0.1, 0.15) is 4.62 Å². The number of hydrogen-bond donors (Lipinski definition) is 0. The molecule has 5 heteroatoms. The standard InChI is InChI=1S/C9H7BrN2O2/c10-9-8-6(4-5-11-9)2-1-3-7(8)12(13)14/h1-3H,4-5H2. The lowest BCUT2D eigenvalue weighted by Crippen LogP contribution is -2.10. The second-order valence-electron chi connectivity index (χ2n) is 2.99. The van der Waals surface area contributed by atoms with Crippen LogP contribution in [0.15, 0.2) is 23.2 Å². The van der Waals surface area contributed by atoms with E-state index in [1.807, 2.05) is 6.07 Å². The largest absolute Gasteiger partial charge is 0.279 e. The van der Waals surface area contributed by atoms with Gasteiger partial charge in [-0.05, 0) is 27.9 Å². The van der Waals surface area contributed by atoms with Crippen LogP contribution in [0, 0.1) is 10.1 Å². The van der Waals surface area contributed by atoms with Crippen LogP contribution in [0.25, 0.3) is 0 Å². The van der Waals surface area contributed by atoms with E-state index in [0.29, 0.717) is 16.7 Å². The molecule has 0 bridgehead atoms. The Hall–Kier alpha value is -1.23. The van der Waals surface area contributed by atoms with Gasteiger partial charge in [-0.3, -0.25) is 15.1 Å². The molecule has 4 nitrogen and oxygen atoms in total. The third-order valence-corrected chi connectivity index (χ3v) is 2.81. The molecule has 0 fully saturated rings. The Morgan fingerprint density at radius 1 is 1.50 bits per heavy atom. The Labute approximate surface area is 88.9 Å². The molecule has 0 saturated heterocycles. The van der Waals surface area contributed by atoms with Crippen LogP contribution in [0.1, 0.15) is 11.1 Å². The molecule has 0 aromatic heterocycles. The highest BCUT2D eigenvalue weighted by atomic mass is 79.9. The van der Waals surface area contributed by atoms with Crippen LogP contribution in [-0.4, -0.2) is 16.1 Å². The van der Waals surface area contributed by atoms with Crippen molar-refractivity contribution in [2.75, 3.05) is 6.54 Å². The molecule has 2 rings (SSSR count). The van der Waals surface area contributed by atoms with E-state index in [9.17, 15) is 10.1 Å². The minimum absolute atomic E-state index is 0.123. The minimum atomic E-state index is -0.374. The van der Waals surface area contributed by atoms with E-state index in [-0.39, 0.29) is 10.6 Å². The second kappa shape index (κ2) is 3.49. The smallest absolute Gasteiger partial charge is 0.277 e. The first-order valence-corrected chi connectivity index (χ1v) is 4.96. The quantitative estimate of drug-likeness (QED) is 0.571. The van der Waals surface area contributed by atoms with Gasteiger partial charge in [0.2, 0.25) is 0 Å². The van der Waals surface area contributed by atoms with Crippen molar-refractivity contribution < 1.29 is 4.92 Å². The molecule has 0 amide bonds. The third-order valence-electron chi connectivity index (χ3n) is 2.16. The van der Waals surface area contributed by atoms with Crippen molar-refractivity contribution >= 4 is 26.2 Å². The minimum Gasteiger partial charge on any atom is -0.277 e. The van der Waals surface area contributed by atoms with Crippen LogP contribution in [0.5, 0.6) is 0 Å². The predicted octanol–water partition coefficient (Wildman–Crippen LogP) is 2.29. The van der Waals surface area contributed by atoms with Gasteiger partial charge in [-0.1, -0.05) is 12.1 Å². The molecule has 0 saturated carbocycles. The van der Waals surface area contributed by atoms with Gasteiger partial charge in [-0.25, -0.2) is 0 Å². The molecule has 1 aromatic carbocycles. The highest BCUT2D eigenvalue weighted by Crippen LogP contribution is 2.28. The van der Waals surface area contributed by atoms with E-state index >= 15 is 0 Å². The van der Waals surface area contributed by atoms with Crippen LogP contribution >= 0.6 is 15.9 Å². The van der Waals surface area contributed by atoms with Gasteiger partial charge < -0.3 is 0 Å². The Balaban J connectivity index is 2.66. The maximum Gasteiger partial charge on any atom is 0.279 e. The number of nitro benzene ring substituents is 1. The van der Waals surface area contributed by atoms with Crippen molar-refractivity contribution in [1.29, 1.82) is 0 Å². The van der Waals surface area contributed by atoms with Crippen LogP contribution in [0.3, 0.4) is 0 Å². The van der Waals surface area contributed by atoms with Gasteiger partial charge >= 0.3 is 0 Å². The Morgan fingerprint density at radius 2 is 2.29 bits per heavy atom. The van der Waals surface area contributed by atoms with Crippen molar-refractivity contribution in [1.82, 2.24) is 0 Å². The summed E-state index contributed by atoms with van der Waals surface area (Å²) < 4.78 is 0.589. The van der Waals surface area contributed by atoms with Crippen LogP contribution in [0.4, 0.5) is 5.69 Å². The van der Waals surface area contributed by atoms with E-state index in [2.05, 4.69) is 20.9 Å². The van der Waals surface area contributed by atoms with Crippen molar-refractivity contribution in [3.63, 3.8) is 0 Å². The number of nitrogens with zero attached hydrogens (tertiary/aromatic N) is 2. The first-order chi connectivity index (χ1) is 6.70. The summed E-state index contributed by atoms with van der Waals surface area (Å²) in [4.78, 5) is 14.5. The third kappa shape index (κ3) is 1.43. The Bertz CT molecular complexity index is 429. The molecular formula is C9H7BrN2O2. The molecule has 14 heavy (non-hydrogen) atoms. The summed E-state index contributed by atoms with van der Waals surface area (Å²) in [6.45, 7) is 0.689. The number of hydrogen-bond acceptors (Lipinski definition) is 3. The van der Waals surface area contributed by atoms with Crippen molar-refractivity contribution in [2.45, 2.75) is 6.42 Å². The van der Waals surface area contributed by atoms with E-state index < -0.39 is 0 Å². The molecule has 0 N–H and O–H groups in total. The number of aliphatic imine (C=N–C) groups is 1. The topological polar surface area (TPSA) is 55.5 Å². The summed E-state index contributed by atoms with van der Waals surface area (Å²) in [6.07, 6.45) is 0.770. The highest BCUT2D eigenvalue weighted by Gasteiger charge is 2.22. The summed E-state index contributed by atoms with van der Waals surface area (Å²) in [5.41, 5.74) is 1.74. The molecule has 0 unspecified atom stereocenters. The van der Waals surface area contributed by atoms with Gasteiger partial charge in [0, 0.05) is 12.6 Å². The van der Waals surface area contributed by atoms with Gasteiger partial charge in [-0.2, -0.15) is 0 Å². The fraction of sp³-hybridized carbons (Fsp3) is 0.222. The monoisotopic (exact) mass is 254 g/mol. The molecule has 0 radical (unpaired) electrons. The van der Waals surface area contributed by atoms with Gasteiger partial charge in [0.05, 0.1) is 10.5 Å². The fourth-order valence-electron chi connectivity index (χ4n) is 1.54. The molecule has 1 aromatic rings. The zero-order chi connectivity index (χ0) is 10.1. The number of benzene rings is 1. The molecule has 72 valence electrons.